The molecule has 0 atom stereocenters. The number of rotatable bonds is 4. The van der Waals surface area contributed by atoms with E-state index in [9.17, 15) is 14.9 Å². The molecule has 0 unspecified atom stereocenters. The number of carboxylic acids is 1. The molecule has 0 aliphatic carbocycles. The minimum Gasteiger partial charge on any atom is -0.478 e. The van der Waals surface area contributed by atoms with E-state index < -0.39 is 10.9 Å². The van der Waals surface area contributed by atoms with E-state index in [1.807, 2.05) is 0 Å². The van der Waals surface area contributed by atoms with Crippen LogP contribution in [0.3, 0.4) is 0 Å². The van der Waals surface area contributed by atoms with Gasteiger partial charge in [-0.2, -0.15) is 0 Å². The lowest BCUT2D eigenvalue weighted by atomic mass is 10.2. The van der Waals surface area contributed by atoms with Crippen LogP contribution in [-0.2, 0) is 0 Å². The van der Waals surface area contributed by atoms with Crippen LogP contribution >= 0.6 is 0 Å². The Morgan fingerprint density at radius 3 is 2.55 bits per heavy atom. The minimum atomic E-state index is -1.01. The Kier molecular flexibility index (Phi) is 3.60. The Labute approximate surface area is 114 Å². The molecule has 0 saturated heterocycles. The Morgan fingerprint density at radius 2 is 2.00 bits per heavy atom. The molecule has 20 heavy (non-hydrogen) atoms. The molecule has 0 bridgehead atoms. The summed E-state index contributed by atoms with van der Waals surface area (Å²) >= 11 is 0. The van der Waals surface area contributed by atoms with E-state index in [0.29, 0.717) is 17.1 Å². The second-order valence-corrected chi connectivity index (χ2v) is 4.12. The molecule has 2 rings (SSSR count). The second kappa shape index (κ2) is 5.35. The van der Waals surface area contributed by atoms with E-state index >= 15 is 0 Å². The van der Waals surface area contributed by atoms with Gasteiger partial charge in [0.1, 0.15) is 5.82 Å². The van der Waals surface area contributed by atoms with Crippen molar-refractivity contribution in [3.05, 3.63) is 57.8 Å². The summed E-state index contributed by atoms with van der Waals surface area (Å²) in [6, 6.07) is 7.34. The van der Waals surface area contributed by atoms with E-state index in [-0.39, 0.29) is 11.3 Å². The molecule has 7 heteroatoms. The number of aromatic carboxylic acids is 1. The summed E-state index contributed by atoms with van der Waals surface area (Å²) in [7, 11) is 0. The van der Waals surface area contributed by atoms with E-state index in [4.69, 9.17) is 5.11 Å². The highest BCUT2D eigenvalue weighted by atomic mass is 16.6. The molecule has 1 aromatic heterocycles. The lowest BCUT2D eigenvalue weighted by Gasteiger charge is -2.06. The Bertz CT molecular complexity index is 668. The molecule has 7 nitrogen and oxygen atoms in total. The number of benzene rings is 1. The summed E-state index contributed by atoms with van der Waals surface area (Å²) in [5, 5.41) is 22.5. The topological polar surface area (TPSA) is 105 Å². The monoisotopic (exact) mass is 273 g/mol. The van der Waals surface area contributed by atoms with Crippen molar-refractivity contribution < 1.29 is 14.8 Å². The van der Waals surface area contributed by atoms with Crippen LogP contribution in [0.5, 0.6) is 0 Å². The van der Waals surface area contributed by atoms with Gasteiger partial charge in [0.05, 0.1) is 16.6 Å². The van der Waals surface area contributed by atoms with E-state index in [1.165, 1.54) is 24.4 Å². The second-order valence-electron chi connectivity index (χ2n) is 4.12. The van der Waals surface area contributed by atoms with Crippen molar-refractivity contribution in [1.29, 1.82) is 0 Å². The summed E-state index contributed by atoms with van der Waals surface area (Å²) in [4.78, 5) is 25.1. The fraction of sp³-hybridized carbons (Fsp3) is 0.0769. The molecule has 2 aromatic rings. The maximum atomic E-state index is 10.8. The molecule has 1 heterocycles. The highest BCUT2D eigenvalue weighted by Crippen LogP contribution is 2.22. The van der Waals surface area contributed by atoms with Crippen LogP contribution in [0.15, 0.2) is 36.5 Å². The van der Waals surface area contributed by atoms with Crippen molar-refractivity contribution in [3.8, 4) is 0 Å². The molecular weight excluding hydrogens is 262 g/mol. The van der Waals surface area contributed by atoms with Gasteiger partial charge in [-0.1, -0.05) is 0 Å². The van der Waals surface area contributed by atoms with Gasteiger partial charge in [-0.3, -0.25) is 10.1 Å². The van der Waals surface area contributed by atoms with Gasteiger partial charge >= 0.3 is 5.97 Å². The lowest BCUT2D eigenvalue weighted by molar-refractivity contribution is -0.385. The number of nitrogens with zero attached hydrogens (tertiary/aromatic N) is 2. The predicted molar refractivity (Wildman–Crippen MR) is 72.3 cm³/mol. The van der Waals surface area contributed by atoms with Gasteiger partial charge in [-0.25, -0.2) is 9.78 Å². The molecule has 102 valence electrons. The van der Waals surface area contributed by atoms with Gasteiger partial charge < -0.3 is 10.4 Å². The first kappa shape index (κ1) is 13.5. The molecular formula is C13H11N3O4. The van der Waals surface area contributed by atoms with Gasteiger partial charge in [0.2, 0.25) is 0 Å². The van der Waals surface area contributed by atoms with Crippen molar-refractivity contribution in [1.82, 2.24) is 4.98 Å². The first-order valence-corrected chi connectivity index (χ1v) is 5.69. The number of pyridine rings is 1. The van der Waals surface area contributed by atoms with Crippen LogP contribution in [0.1, 0.15) is 15.9 Å². The average molecular weight is 273 g/mol. The number of anilines is 2. The first-order chi connectivity index (χ1) is 9.47. The number of carboxylic acid groups (broad SMARTS) is 1. The fourth-order valence-corrected chi connectivity index (χ4v) is 1.62. The summed E-state index contributed by atoms with van der Waals surface area (Å²) < 4.78 is 0. The number of hydrogen-bond acceptors (Lipinski definition) is 5. The third-order valence-electron chi connectivity index (χ3n) is 2.68. The third kappa shape index (κ3) is 2.89. The molecule has 2 N–H and O–H groups in total. The number of nitro groups is 1. The number of aryl methyl sites for hydroxylation is 1. The Morgan fingerprint density at radius 1 is 1.35 bits per heavy atom. The number of carbonyl (C=O) groups is 1. The molecule has 0 radical (unpaired) electrons. The highest BCUT2D eigenvalue weighted by Gasteiger charge is 2.12. The minimum absolute atomic E-state index is 0.0235. The van der Waals surface area contributed by atoms with E-state index in [1.54, 1.807) is 19.1 Å². The Balaban J connectivity index is 2.23. The summed E-state index contributed by atoms with van der Waals surface area (Å²) in [6.45, 7) is 1.61. The molecule has 0 saturated carbocycles. The maximum absolute atomic E-state index is 10.8. The highest BCUT2D eigenvalue weighted by molar-refractivity contribution is 5.88. The van der Waals surface area contributed by atoms with E-state index in [2.05, 4.69) is 10.3 Å². The number of nitrogens with one attached hydrogen (secondary N) is 1. The van der Waals surface area contributed by atoms with Crippen LogP contribution in [-0.4, -0.2) is 21.0 Å². The standard InChI is InChI=1S/C13H11N3O4/c1-8-7-14-12(6-11(8)16(19)20)15-10-4-2-9(3-5-10)13(17)18/h2-7H,1H3,(H,14,15)(H,17,18). The van der Waals surface area contributed by atoms with Crippen molar-refractivity contribution in [2.45, 2.75) is 6.92 Å². The van der Waals surface area contributed by atoms with Crippen LogP contribution in [0.2, 0.25) is 0 Å². The lowest BCUT2D eigenvalue weighted by Crippen LogP contribution is -1.99. The largest absolute Gasteiger partial charge is 0.478 e. The summed E-state index contributed by atoms with van der Waals surface area (Å²) in [5.74, 6) is -0.689. The average Bonchev–Trinajstić information content (AvgIpc) is 2.41. The number of hydrogen-bond donors (Lipinski definition) is 2. The zero-order valence-electron chi connectivity index (χ0n) is 10.5. The summed E-state index contributed by atoms with van der Waals surface area (Å²) in [5.41, 5.74) is 1.21. The fourth-order valence-electron chi connectivity index (χ4n) is 1.62. The smallest absolute Gasteiger partial charge is 0.335 e. The molecule has 0 aliphatic heterocycles. The van der Waals surface area contributed by atoms with Gasteiger partial charge in [-0.05, 0) is 31.2 Å². The maximum Gasteiger partial charge on any atom is 0.335 e. The summed E-state index contributed by atoms with van der Waals surface area (Å²) in [6.07, 6.45) is 1.41. The number of aromatic nitrogens is 1. The van der Waals surface area contributed by atoms with Crippen LogP contribution in [0.25, 0.3) is 0 Å². The first-order valence-electron chi connectivity index (χ1n) is 5.69. The zero-order valence-corrected chi connectivity index (χ0v) is 10.5. The Hall–Kier alpha value is -2.96. The van der Waals surface area contributed by atoms with Crippen LogP contribution in [0.4, 0.5) is 17.2 Å². The normalized spacial score (nSPS) is 10.1. The SMILES string of the molecule is Cc1cnc(Nc2ccc(C(=O)O)cc2)cc1[N+](=O)[O-]. The van der Waals surface area contributed by atoms with Crippen molar-refractivity contribution >= 4 is 23.2 Å². The van der Waals surface area contributed by atoms with Crippen molar-refractivity contribution in [2.75, 3.05) is 5.32 Å². The van der Waals surface area contributed by atoms with Crippen molar-refractivity contribution in [2.24, 2.45) is 0 Å². The van der Waals surface area contributed by atoms with Crippen LogP contribution < -0.4 is 5.32 Å². The predicted octanol–water partition coefficient (Wildman–Crippen LogP) is 2.74. The van der Waals surface area contributed by atoms with Crippen LogP contribution in [0, 0.1) is 17.0 Å². The van der Waals surface area contributed by atoms with Gasteiger partial charge in [0, 0.05) is 17.4 Å². The zero-order chi connectivity index (χ0) is 14.7. The quantitative estimate of drug-likeness (QED) is 0.655. The molecule has 1 aromatic carbocycles. The molecule has 0 aliphatic rings. The molecule has 0 amide bonds. The molecule has 0 fully saturated rings. The van der Waals surface area contributed by atoms with Gasteiger partial charge in [-0.15, -0.1) is 0 Å². The van der Waals surface area contributed by atoms with Gasteiger partial charge in [0.25, 0.3) is 5.69 Å². The van der Waals surface area contributed by atoms with Gasteiger partial charge in [0.15, 0.2) is 0 Å². The third-order valence-corrected chi connectivity index (χ3v) is 2.68. The molecule has 0 spiro atoms. The van der Waals surface area contributed by atoms with E-state index in [0.717, 1.165) is 0 Å². The van der Waals surface area contributed by atoms with Crippen molar-refractivity contribution in [3.63, 3.8) is 0 Å².